The zero-order chi connectivity index (χ0) is 16.4. The highest BCUT2D eigenvalue weighted by Crippen LogP contribution is 2.62. The van der Waals surface area contributed by atoms with E-state index in [2.05, 4.69) is 38.6 Å². The van der Waals surface area contributed by atoms with Gasteiger partial charge in [-0.15, -0.1) is 0 Å². The lowest BCUT2D eigenvalue weighted by molar-refractivity contribution is -0.128. The van der Waals surface area contributed by atoms with Crippen LogP contribution in [-0.4, -0.2) is 12.9 Å². The Balaban J connectivity index is 1.81. The van der Waals surface area contributed by atoms with Crippen LogP contribution in [0.25, 0.3) is 0 Å². The first-order chi connectivity index (χ1) is 11.0. The molecule has 0 N–H and O–H groups in total. The van der Waals surface area contributed by atoms with Crippen LogP contribution >= 0.6 is 0 Å². The van der Waals surface area contributed by atoms with Crippen molar-refractivity contribution in [3.05, 3.63) is 41.5 Å². The van der Waals surface area contributed by atoms with Crippen molar-refractivity contribution in [2.75, 3.05) is 7.11 Å². The quantitative estimate of drug-likeness (QED) is 0.712. The summed E-state index contributed by atoms with van der Waals surface area (Å²) in [5.74, 6) is 3.51. The number of benzene rings is 1. The highest BCUT2D eigenvalue weighted by Gasteiger charge is 2.57. The first-order valence-electron chi connectivity index (χ1n) is 8.83. The molecule has 4 rings (SSSR count). The molecule has 1 aromatic carbocycles. The minimum absolute atomic E-state index is 0.156. The van der Waals surface area contributed by atoms with Crippen LogP contribution in [0, 0.1) is 23.2 Å². The predicted octanol–water partition coefficient (Wildman–Crippen LogP) is 4.53. The van der Waals surface area contributed by atoms with Crippen LogP contribution in [0.4, 0.5) is 0 Å². The van der Waals surface area contributed by atoms with Gasteiger partial charge in [0.1, 0.15) is 11.5 Å². The molecule has 2 nitrogen and oxygen atoms in total. The van der Waals surface area contributed by atoms with E-state index in [0.717, 1.165) is 31.4 Å². The number of Topliss-reactive ketones (excluding diaryl/α,β-unsaturated/α-hetero) is 1. The standard InChI is InChI=1S/C21H26O2/c1-12-9-14-10-15(23-4)5-6-16(14)19-13(2)11-21(3)17(20(12)19)7-8-18(21)22/h5-6,10,12,17,19-20H,2,7-9,11H2,1,3-4H3. The van der Waals surface area contributed by atoms with Crippen LogP contribution in [0.1, 0.15) is 50.2 Å². The summed E-state index contributed by atoms with van der Waals surface area (Å²) in [6.07, 6.45) is 3.79. The van der Waals surface area contributed by atoms with Gasteiger partial charge in [-0.2, -0.15) is 0 Å². The average molecular weight is 310 g/mol. The first-order valence-corrected chi connectivity index (χ1v) is 8.83. The van der Waals surface area contributed by atoms with E-state index in [1.807, 2.05) is 0 Å². The first kappa shape index (κ1) is 15.0. The normalized spacial score (nSPS) is 38.7. The third-order valence-electron chi connectivity index (χ3n) is 6.91. The number of ketones is 1. The van der Waals surface area contributed by atoms with Crippen LogP contribution < -0.4 is 4.74 Å². The fourth-order valence-corrected chi connectivity index (χ4v) is 5.86. The highest BCUT2D eigenvalue weighted by molar-refractivity contribution is 5.87. The number of ether oxygens (including phenoxy) is 1. The molecule has 23 heavy (non-hydrogen) atoms. The van der Waals surface area contributed by atoms with Gasteiger partial charge in [0.2, 0.25) is 0 Å². The van der Waals surface area contributed by atoms with Gasteiger partial charge in [-0.25, -0.2) is 0 Å². The van der Waals surface area contributed by atoms with E-state index in [0.29, 0.717) is 29.5 Å². The Morgan fingerprint density at radius 2 is 2.13 bits per heavy atom. The van der Waals surface area contributed by atoms with Crippen molar-refractivity contribution in [1.29, 1.82) is 0 Å². The molecule has 122 valence electrons. The van der Waals surface area contributed by atoms with E-state index in [4.69, 9.17) is 4.74 Å². The molecule has 2 fully saturated rings. The topological polar surface area (TPSA) is 26.3 Å². The number of methoxy groups -OCH3 is 1. The fourth-order valence-electron chi connectivity index (χ4n) is 5.86. The summed E-state index contributed by atoms with van der Waals surface area (Å²) in [7, 11) is 1.73. The number of carbonyl (C=O) groups excluding carboxylic acids is 1. The SMILES string of the molecule is C=C1CC2(C)C(=O)CCC2C2C(C)Cc3cc(OC)ccc3C12. The molecule has 0 aliphatic heterocycles. The number of carbonyl (C=O) groups is 1. The third-order valence-corrected chi connectivity index (χ3v) is 6.91. The van der Waals surface area contributed by atoms with Crippen molar-refractivity contribution in [2.24, 2.45) is 23.2 Å². The number of allylic oxidation sites excluding steroid dienone is 1. The Hall–Kier alpha value is -1.57. The minimum atomic E-state index is -0.156. The third kappa shape index (κ3) is 1.96. The zero-order valence-corrected chi connectivity index (χ0v) is 14.4. The Morgan fingerprint density at radius 3 is 2.87 bits per heavy atom. The molecule has 0 aromatic heterocycles. The van der Waals surface area contributed by atoms with Gasteiger partial charge >= 0.3 is 0 Å². The van der Waals surface area contributed by atoms with Crippen molar-refractivity contribution in [3.63, 3.8) is 0 Å². The lowest BCUT2D eigenvalue weighted by atomic mass is 9.52. The van der Waals surface area contributed by atoms with Crippen LogP contribution in [0.2, 0.25) is 0 Å². The van der Waals surface area contributed by atoms with Crippen molar-refractivity contribution in [1.82, 2.24) is 0 Å². The van der Waals surface area contributed by atoms with Gasteiger partial charge in [-0.3, -0.25) is 4.79 Å². The minimum Gasteiger partial charge on any atom is -0.497 e. The molecule has 2 heteroatoms. The number of rotatable bonds is 1. The molecule has 0 saturated heterocycles. The van der Waals surface area contributed by atoms with E-state index in [-0.39, 0.29) is 5.41 Å². The molecule has 5 unspecified atom stereocenters. The van der Waals surface area contributed by atoms with Crippen molar-refractivity contribution < 1.29 is 9.53 Å². The molecule has 0 spiro atoms. The van der Waals surface area contributed by atoms with Gasteiger partial charge in [0, 0.05) is 17.8 Å². The summed E-state index contributed by atoms with van der Waals surface area (Å²) in [6, 6.07) is 6.51. The van der Waals surface area contributed by atoms with Gasteiger partial charge in [0.05, 0.1) is 7.11 Å². The molecule has 5 atom stereocenters. The summed E-state index contributed by atoms with van der Waals surface area (Å²) in [6.45, 7) is 8.99. The molecule has 0 radical (unpaired) electrons. The summed E-state index contributed by atoms with van der Waals surface area (Å²) >= 11 is 0. The van der Waals surface area contributed by atoms with E-state index in [1.54, 1.807) is 7.11 Å². The molecule has 0 bridgehead atoms. The van der Waals surface area contributed by atoms with Crippen molar-refractivity contribution >= 4 is 5.78 Å². The van der Waals surface area contributed by atoms with Gasteiger partial charge < -0.3 is 4.74 Å². The zero-order valence-electron chi connectivity index (χ0n) is 14.4. The summed E-state index contributed by atoms with van der Waals surface area (Å²) < 4.78 is 5.41. The monoisotopic (exact) mass is 310 g/mol. The average Bonchev–Trinajstić information content (AvgIpc) is 2.81. The predicted molar refractivity (Wildman–Crippen MR) is 91.7 cm³/mol. The number of fused-ring (bicyclic) bond motifs is 5. The molecular formula is C21H26O2. The lowest BCUT2D eigenvalue weighted by Gasteiger charge is -2.52. The molecule has 3 aliphatic rings. The maximum absolute atomic E-state index is 12.5. The second-order valence-electron chi connectivity index (χ2n) is 8.12. The van der Waals surface area contributed by atoms with Crippen molar-refractivity contribution in [2.45, 2.75) is 45.4 Å². The van der Waals surface area contributed by atoms with Gasteiger partial charge in [-0.05, 0) is 60.3 Å². The van der Waals surface area contributed by atoms with Crippen LogP contribution in [0.3, 0.4) is 0 Å². The molecule has 3 aliphatic carbocycles. The molecule has 0 heterocycles. The van der Waals surface area contributed by atoms with Crippen molar-refractivity contribution in [3.8, 4) is 5.75 Å². The maximum atomic E-state index is 12.5. The Bertz CT molecular complexity index is 689. The second-order valence-corrected chi connectivity index (χ2v) is 8.12. The second kappa shape index (κ2) is 4.96. The fraction of sp³-hybridized carbons (Fsp3) is 0.571. The largest absolute Gasteiger partial charge is 0.497 e. The van der Waals surface area contributed by atoms with E-state index >= 15 is 0 Å². The molecule has 2 saturated carbocycles. The Morgan fingerprint density at radius 1 is 1.35 bits per heavy atom. The van der Waals surface area contributed by atoms with Gasteiger partial charge in [-0.1, -0.05) is 32.1 Å². The Labute approximate surface area is 138 Å². The van der Waals surface area contributed by atoms with E-state index < -0.39 is 0 Å². The lowest BCUT2D eigenvalue weighted by Crippen LogP contribution is -2.46. The van der Waals surface area contributed by atoms with Gasteiger partial charge in [0.25, 0.3) is 0 Å². The van der Waals surface area contributed by atoms with Crippen LogP contribution in [0.15, 0.2) is 30.4 Å². The smallest absolute Gasteiger partial charge is 0.139 e. The Kier molecular flexibility index (Phi) is 3.23. The van der Waals surface area contributed by atoms with Crippen LogP contribution in [0.5, 0.6) is 5.75 Å². The number of hydrogen-bond acceptors (Lipinski definition) is 2. The van der Waals surface area contributed by atoms with Gasteiger partial charge in [0.15, 0.2) is 0 Å². The van der Waals surface area contributed by atoms with E-state index in [1.165, 1.54) is 16.7 Å². The summed E-state index contributed by atoms with van der Waals surface area (Å²) in [5, 5.41) is 0. The van der Waals surface area contributed by atoms with Crippen LogP contribution in [-0.2, 0) is 11.2 Å². The molecule has 1 aromatic rings. The maximum Gasteiger partial charge on any atom is 0.139 e. The summed E-state index contributed by atoms with van der Waals surface area (Å²) in [5.41, 5.74) is 3.95. The van der Waals surface area contributed by atoms with E-state index in [9.17, 15) is 4.79 Å². The highest BCUT2D eigenvalue weighted by atomic mass is 16.5. The molecule has 0 amide bonds. The number of hydrogen-bond donors (Lipinski definition) is 0. The summed E-state index contributed by atoms with van der Waals surface area (Å²) in [4.78, 5) is 12.5. The molecular weight excluding hydrogens is 284 g/mol.